The number of H-pyrrole nitrogens is 1. The maximum absolute atomic E-state index is 13.9. The molecule has 1 fully saturated rings. The number of pyridine rings is 2. The number of sulfonamides is 1. The van der Waals surface area contributed by atoms with Gasteiger partial charge in [-0.2, -0.15) is 0 Å². The molecule has 0 saturated carbocycles. The lowest BCUT2D eigenvalue weighted by Crippen LogP contribution is -2.44. The Balaban J connectivity index is 1.82. The van der Waals surface area contributed by atoms with E-state index in [0.717, 1.165) is 24.6 Å². The number of carbonyl (C=O) groups excluding carboxylic acids is 1. The normalized spacial score (nSPS) is 17.4. The molecule has 11 heteroatoms. The summed E-state index contributed by atoms with van der Waals surface area (Å²) >= 11 is 0. The largest absolute Gasteiger partial charge is 0.507 e. The molecule has 9 nitrogen and oxygen atoms in total. The molecule has 1 amide bonds. The lowest BCUT2D eigenvalue weighted by molar-refractivity contribution is 0.0981. The summed E-state index contributed by atoms with van der Waals surface area (Å²) in [5, 5.41) is 10.3. The Morgan fingerprint density at radius 1 is 1.26 bits per heavy atom. The molecule has 0 aliphatic carbocycles. The number of halogens is 1. The highest BCUT2D eigenvalue weighted by Gasteiger charge is 2.41. The van der Waals surface area contributed by atoms with E-state index in [-0.39, 0.29) is 34.3 Å². The Bertz CT molecular complexity index is 1470. The van der Waals surface area contributed by atoms with E-state index >= 15 is 0 Å². The average molecular weight is 501 g/mol. The summed E-state index contributed by atoms with van der Waals surface area (Å²) in [6, 6.07) is 8.66. The Labute approximate surface area is 201 Å². The van der Waals surface area contributed by atoms with Crippen molar-refractivity contribution in [2.75, 3.05) is 11.4 Å². The van der Waals surface area contributed by atoms with Crippen LogP contribution in [-0.4, -0.2) is 41.5 Å². The van der Waals surface area contributed by atoms with Crippen molar-refractivity contribution in [1.82, 2.24) is 14.7 Å². The van der Waals surface area contributed by atoms with Crippen molar-refractivity contribution in [2.24, 2.45) is 5.92 Å². The smallest absolute Gasteiger partial charge is 0.269 e. The summed E-state index contributed by atoms with van der Waals surface area (Å²) in [6.07, 6.45) is 2.09. The molecule has 3 aromatic rings. The lowest BCUT2D eigenvalue weighted by Gasteiger charge is -2.36. The second-order valence-corrected chi connectivity index (χ2v) is 10.7. The maximum Gasteiger partial charge on any atom is 0.269 e. The van der Waals surface area contributed by atoms with Gasteiger partial charge in [0, 0.05) is 23.8 Å². The number of amides is 1. The Morgan fingerprint density at radius 2 is 2.00 bits per heavy atom. The standard InChI is InChI=1S/C24H25FN4O5S/c1-14-10-12-29(24(14,2)3)21-16(7-8-18(27-21)17-13-15(25)6-9-19(17)30)22(31)28-35(33,34)20-5-4-11-26-23(20)32/h4-9,11,13-14,30H,10,12H2,1-3H3,(H,26,32)(H,28,31). The molecule has 0 radical (unpaired) electrons. The van der Waals surface area contributed by atoms with Crippen molar-refractivity contribution in [3.05, 3.63) is 70.4 Å². The third-order valence-corrected chi connectivity index (χ3v) is 7.95. The van der Waals surface area contributed by atoms with Gasteiger partial charge in [0.1, 0.15) is 17.4 Å². The Hall–Kier alpha value is -3.73. The molecule has 1 aliphatic rings. The monoisotopic (exact) mass is 500 g/mol. The number of nitrogens with one attached hydrogen (secondary N) is 2. The fourth-order valence-corrected chi connectivity index (χ4v) is 5.18. The highest BCUT2D eigenvalue weighted by molar-refractivity contribution is 7.90. The van der Waals surface area contributed by atoms with Crippen molar-refractivity contribution in [3.8, 4) is 17.0 Å². The molecule has 4 rings (SSSR count). The third-order valence-electron chi connectivity index (χ3n) is 6.60. The van der Waals surface area contributed by atoms with E-state index in [1.54, 1.807) is 0 Å². The number of hydrogen-bond donors (Lipinski definition) is 3. The van der Waals surface area contributed by atoms with E-state index in [0.29, 0.717) is 6.54 Å². The number of rotatable bonds is 5. The fourth-order valence-electron chi connectivity index (χ4n) is 4.15. The van der Waals surface area contributed by atoms with Crippen LogP contribution in [0.25, 0.3) is 11.3 Å². The van der Waals surface area contributed by atoms with Crippen molar-refractivity contribution >= 4 is 21.7 Å². The van der Waals surface area contributed by atoms with E-state index in [9.17, 15) is 27.5 Å². The molecule has 3 heterocycles. The number of hydrogen-bond acceptors (Lipinski definition) is 7. The van der Waals surface area contributed by atoms with Crippen LogP contribution in [-0.2, 0) is 10.0 Å². The zero-order valence-electron chi connectivity index (χ0n) is 19.4. The maximum atomic E-state index is 13.9. The Kier molecular flexibility index (Phi) is 6.14. The molecule has 0 bridgehead atoms. The van der Waals surface area contributed by atoms with Gasteiger partial charge in [-0.3, -0.25) is 9.59 Å². The number of benzene rings is 1. The molecule has 0 spiro atoms. The molecule has 3 N–H and O–H groups in total. The summed E-state index contributed by atoms with van der Waals surface area (Å²) in [4.78, 5) is 33.3. The van der Waals surface area contributed by atoms with E-state index in [1.807, 2.05) is 23.5 Å². The van der Waals surface area contributed by atoms with Gasteiger partial charge in [-0.05, 0) is 68.7 Å². The van der Waals surface area contributed by atoms with Gasteiger partial charge in [0.2, 0.25) is 0 Å². The number of phenolic OH excluding ortho intramolecular Hbond substituents is 1. The second kappa shape index (κ2) is 8.81. The van der Waals surface area contributed by atoms with Crippen LogP contribution in [0.3, 0.4) is 0 Å². The van der Waals surface area contributed by atoms with E-state index < -0.39 is 37.7 Å². The molecule has 1 unspecified atom stereocenters. The number of carbonyl (C=O) groups is 1. The van der Waals surface area contributed by atoms with Crippen molar-refractivity contribution in [2.45, 2.75) is 37.6 Å². The minimum absolute atomic E-state index is 0.0391. The zero-order chi connectivity index (χ0) is 25.5. The zero-order valence-corrected chi connectivity index (χ0v) is 20.2. The van der Waals surface area contributed by atoms with Gasteiger partial charge in [0.25, 0.3) is 21.5 Å². The van der Waals surface area contributed by atoms with Crippen LogP contribution in [0.15, 0.2) is 58.4 Å². The number of aromatic amines is 1. The van der Waals surface area contributed by atoms with Crippen molar-refractivity contribution in [3.63, 3.8) is 0 Å². The molecule has 184 valence electrons. The van der Waals surface area contributed by atoms with Gasteiger partial charge in [0.15, 0.2) is 4.90 Å². The van der Waals surface area contributed by atoms with Crippen LogP contribution in [0, 0.1) is 11.7 Å². The van der Waals surface area contributed by atoms with Crippen LogP contribution < -0.4 is 15.2 Å². The molecule has 1 aliphatic heterocycles. The van der Waals surface area contributed by atoms with Crippen LogP contribution in [0.1, 0.15) is 37.6 Å². The second-order valence-electron chi connectivity index (χ2n) is 9.02. The Morgan fingerprint density at radius 3 is 2.66 bits per heavy atom. The molecular formula is C24H25FN4O5S. The first-order chi connectivity index (χ1) is 16.4. The highest BCUT2D eigenvalue weighted by atomic mass is 32.2. The van der Waals surface area contributed by atoms with Gasteiger partial charge in [0.05, 0.1) is 11.3 Å². The van der Waals surface area contributed by atoms with Crippen molar-refractivity contribution in [1.29, 1.82) is 0 Å². The molecule has 1 saturated heterocycles. The van der Waals surface area contributed by atoms with E-state index in [1.165, 1.54) is 30.5 Å². The van der Waals surface area contributed by atoms with Crippen molar-refractivity contribution < 1.29 is 22.7 Å². The number of nitrogens with zero attached hydrogens (tertiary/aromatic N) is 2. The molecule has 2 aromatic heterocycles. The topological polar surface area (TPSA) is 132 Å². The SMILES string of the molecule is CC1CCN(c2nc(-c3cc(F)ccc3O)ccc2C(=O)NS(=O)(=O)c2ccc[nH]c2=O)C1(C)C. The quantitative estimate of drug-likeness (QED) is 0.491. The van der Waals surface area contributed by atoms with Gasteiger partial charge in [-0.15, -0.1) is 0 Å². The molecule has 1 aromatic carbocycles. The highest BCUT2D eigenvalue weighted by Crippen LogP contribution is 2.40. The van der Waals surface area contributed by atoms with Crippen LogP contribution in [0.2, 0.25) is 0 Å². The number of aromatic nitrogens is 2. The minimum atomic E-state index is -4.47. The molecule has 1 atom stereocenters. The van der Waals surface area contributed by atoms with Gasteiger partial charge in [-0.25, -0.2) is 22.5 Å². The first-order valence-electron chi connectivity index (χ1n) is 10.9. The first kappa shape index (κ1) is 24.4. The lowest BCUT2D eigenvalue weighted by atomic mass is 9.90. The summed E-state index contributed by atoms with van der Waals surface area (Å²) in [5.41, 5.74) is -0.988. The van der Waals surface area contributed by atoms with Gasteiger partial charge >= 0.3 is 0 Å². The van der Waals surface area contributed by atoms with E-state index in [2.05, 4.69) is 16.9 Å². The first-order valence-corrected chi connectivity index (χ1v) is 12.4. The van der Waals surface area contributed by atoms with Gasteiger partial charge in [-0.1, -0.05) is 6.92 Å². The summed E-state index contributed by atoms with van der Waals surface area (Å²) in [5.74, 6) is -1.31. The minimum Gasteiger partial charge on any atom is -0.507 e. The van der Waals surface area contributed by atoms with Gasteiger partial charge < -0.3 is 15.0 Å². The summed E-state index contributed by atoms with van der Waals surface area (Å²) in [6.45, 7) is 6.58. The fraction of sp³-hybridized carbons (Fsp3) is 0.292. The van der Waals surface area contributed by atoms with Crippen LogP contribution in [0.4, 0.5) is 10.2 Å². The molecular weight excluding hydrogens is 475 g/mol. The average Bonchev–Trinajstić information content (AvgIpc) is 3.07. The van der Waals surface area contributed by atoms with Crippen LogP contribution in [0.5, 0.6) is 5.75 Å². The van der Waals surface area contributed by atoms with Crippen LogP contribution >= 0.6 is 0 Å². The number of anilines is 1. The number of aromatic hydroxyl groups is 1. The predicted molar refractivity (Wildman–Crippen MR) is 128 cm³/mol. The predicted octanol–water partition coefficient (Wildman–Crippen LogP) is 3.03. The summed E-state index contributed by atoms with van der Waals surface area (Å²) < 4.78 is 41.4. The summed E-state index contributed by atoms with van der Waals surface area (Å²) in [7, 11) is -4.47. The van der Waals surface area contributed by atoms with E-state index in [4.69, 9.17) is 0 Å². The number of phenols is 1. The molecule has 35 heavy (non-hydrogen) atoms. The third kappa shape index (κ3) is 4.51.